The van der Waals surface area contributed by atoms with E-state index in [0.29, 0.717) is 23.4 Å². The Kier molecular flexibility index (Phi) is 6.96. The summed E-state index contributed by atoms with van der Waals surface area (Å²) in [4.78, 5) is 2.48. The predicted octanol–water partition coefficient (Wildman–Crippen LogP) is 2.87. The number of nitrogens with two attached hydrogens (primary N) is 1. The highest BCUT2D eigenvalue weighted by atomic mass is 16.3. The lowest BCUT2D eigenvalue weighted by Gasteiger charge is -2.48. The van der Waals surface area contributed by atoms with Crippen LogP contribution in [-0.2, 0) is 0 Å². The Labute approximate surface area is 125 Å². The zero-order valence-corrected chi connectivity index (χ0v) is 14.2. The van der Waals surface area contributed by atoms with Crippen molar-refractivity contribution in [2.75, 3.05) is 19.7 Å². The fourth-order valence-corrected chi connectivity index (χ4v) is 3.81. The second-order valence-corrected chi connectivity index (χ2v) is 7.47. The Balaban J connectivity index is 2.86. The molecule has 3 unspecified atom stereocenters. The quantitative estimate of drug-likeness (QED) is 0.756. The Morgan fingerprint density at radius 3 is 2.40 bits per heavy atom. The Bertz CT molecular complexity index is 278. The van der Waals surface area contributed by atoms with Crippen molar-refractivity contribution in [1.82, 2.24) is 4.90 Å². The molecular formula is C17H36N2O. The van der Waals surface area contributed by atoms with Crippen molar-refractivity contribution < 1.29 is 5.11 Å². The predicted molar refractivity (Wildman–Crippen MR) is 86.7 cm³/mol. The van der Waals surface area contributed by atoms with Gasteiger partial charge in [-0.05, 0) is 56.9 Å². The van der Waals surface area contributed by atoms with E-state index in [0.717, 1.165) is 19.0 Å². The van der Waals surface area contributed by atoms with Gasteiger partial charge in [-0.3, -0.25) is 4.90 Å². The Morgan fingerprint density at radius 2 is 1.95 bits per heavy atom. The van der Waals surface area contributed by atoms with Crippen LogP contribution >= 0.6 is 0 Å². The van der Waals surface area contributed by atoms with Crippen LogP contribution in [0.15, 0.2) is 0 Å². The molecule has 1 aliphatic carbocycles. The van der Waals surface area contributed by atoms with Gasteiger partial charge in [0, 0.05) is 18.6 Å². The lowest BCUT2D eigenvalue weighted by atomic mass is 9.65. The number of aliphatic hydroxyl groups is 1. The highest BCUT2D eigenvalue weighted by Gasteiger charge is 2.39. The first kappa shape index (κ1) is 17.9. The molecule has 0 aromatic carbocycles. The van der Waals surface area contributed by atoms with E-state index in [1.165, 1.54) is 25.7 Å². The zero-order chi connectivity index (χ0) is 15.3. The van der Waals surface area contributed by atoms with Gasteiger partial charge in [-0.1, -0.05) is 27.2 Å². The fraction of sp³-hybridized carbons (Fsp3) is 1.00. The van der Waals surface area contributed by atoms with Crippen molar-refractivity contribution in [2.45, 2.75) is 72.4 Å². The highest BCUT2D eigenvalue weighted by Crippen LogP contribution is 2.43. The van der Waals surface area contributed by atoms with Gasteiger partial charge in [0.15, 0.2) is 0 Å². The third-order valence-electron chi connectivity index (χ3n) is 5.72. The van der Waals surface area contributed by atoms with Gasteiger partial charge in [-0.2, -0.15) is 0 Å². The van der Waals surface area contributed by atoms with Crippen LogP contribution in [0, 0.1) is 17.3 Å². The smallest absolute Gasteiger partial charge is 0.0558 e. The van der Waals surface area contributed by atoms with E-state index in [1.54, 1.807) is 0 Å². The number of nitrogens with zero attached hydrogens (tertiary/aromatic N) is 1. The van der Waals surface area contributed by atoms with E-state index in [9.17, 15) is 5.11 Å². The van der Waals surface area contributed by atoms with Crippen molar-refractivity contribution in [1.29, 1.82) is 0 Å². The Hall–Kier alpha value is -0.120. The largest absolute Gasteiger partial charge is 0.395 e. The monoisotopic (exact) mass is 284 g/mol. The van der Waals surface area contributed by atoms with E-state index in [-0.39, 0.29) is 6.61 Å². The minimum absolute atomic E-state index is 0.244. The molecule has 0 heterocycles. The molecule has 0 amide bonds. The average Bonchev–Trinajstić information content (AvgIpc) is 2.43. The van der Waals surface area contributed by atoms with Gasteiger partial charge in [0.2, 0.25) is 0 Å². The van der Waals surface area contributed by atoms with Gasteiger partial charge in [0.25, 0.3) is 0 Å². The van der Waals surface area contributed by atoms with Crippen LogP contribution in [0.3, 0.4) is 0 Å². The highest BCUT2D eigenvalue weighted by molar-refractivity contribution is 4.92. The molecule has 3 heteroatoms. The normalized spacial score (nSPS) is 28.4. The van der Waals surface area contributed by atoms with Gasteiger partial charge in [0.05, 0.1) is 6.61 Å². The number of rotatable bonds is 7. The van der Waals surface area contributed by atoms with E-state index < -0.39 is 0 Å². The standard InChI is InChI=1S/C17H36N2O/c1-6-17(4,5)15-8-7-14(12-18)16(11-15)19(9-10-20)13(2)3/h13-16,20H,6-12,18H2,1-5H3. The molecule has 3 nitrogen and oxygen atoms in total. The van der Waals surface area contributed by atoms with Crippen LogP contribution in [0.5, 0.6) is 0 Å². The van der Waals surface area contributed by atoms with Gasteiger partial charge in [-0.15, -0.1) is 0 Å². The summed E-state index contributed by atoms with van der Waals surface area (Å²) in [6.45, 7) is 13.4. The number of hydrogen-bond donors (Lipinski definition) is 2. The summed E-state index contributed by atoms with van der Waals surface area (Å²) in [5, 5.41) is 9.37. The molecule has 120 valence electrons. The molecule has 0 bridgehead atoms. The summed E-state index contributed by atoms with van der Waals surface area (Å²) in [5.41, 5.74) is 6.44. The molecule has 20 heavy (non-hydrogen) atoms. The van der Waals surface area contributed by atoms with Crippen LogP contribution in [0.4, 0.5) is 0 Å². The topological polar surface area (TPSA) is 49.5 Å². The Morgan fingerprint density at radius 1 is 1.30 bits per heavy atom. The third-order valence-corrected chi connectivity index (χ3v) is 5.72. The molecule has 1 saturated carbocycles. The summed E-state index contributed by atoms with van der Waals surface area (Å²) in [5.74, 6) is 1.37. The minimum Gasteiger partial charge on any atom is -0.395 e. The van der Waals surface area contributed by atoms with E-state index in [1.807, 2.05) is 0 Å². The molecule has 3 N–H and O–H groups in total. The van der Waals surface area contributed by atoms with Crippen LogP contribution in [-0.4, -0.2) is 41.8 Å². The van der Waals surface area contributed by atoms with Crippen LogP contribution in [0.2, 0.25) is 0 Å². The molecule has 1 rings (SSSR count). The van der Waals surface area contributed by atoms with Crippen molar-refractivity contribution in [3.63, 3.8) is 0 Å². The van der Waals surface area contributed by atoms with Gasteiger partial charge in [0.1, 0.15) is 0 Å². The molecular weight excluding hydrogens is 248 g/mol. The summed E-state index contributed by atoms with van der Waals surface area (Å²) < 4.78 is 0. The molecule has 0 radical (unpaired) electrons. The minimum atomic E-state index is 0.244. The maximum Gasteiger partial charge on any atom is 0.0558 e. The first-order chi connectivity index (χ1) is 9.37. The summed E-state index contributed by atoms with van der Waals surface area (Å²) >= 11 is 0. The van der Waals surface area contributed by atoms with Crippen LogP contribution in [0.1, 0.15) is 60.3 Å². The second kappa shape index (κ2) is 7.77. The SMILES string of the molecule is CCC(C)(C)C1CCC(CN)C(N(CCO)C(C)C)C1. The van der Waals surface area contributed by atoms with E-state index in [2.05, 4.69) is 39.5 Å². The average molecular weight is 284 g/mol. The lowest BCUT2D eigenvalue weighted by molar-refractivity contribution is 0.0137. The van der Waals surface area contributed by atoms with Crippen LogP contribution in [0.25, 0.3) is 0 Å². The second-order valence-electron chi connectivity index (χ2n) is 7.47. The summed E-state index contributed by atoms with van der Waals surface area (Å²) in [6.07, 6.45) is 5.02. The van der Waals surface area contributed by atoms with Crippen molar-refractivity contribution in [3.05, 3.63) is 0 Å². The number of aliphatic hydroxyl groups excluding tert-OH is 1. The third kappa shape index (κ3) is 4.19. The van der Waals surface area contributed by atoms with Gasteiger partial charge >= 0.3 is 0 Å². The number of hydrogen-bond acceptors (Lipinski definition) is 3. The van der Waals surface area contributed by atoms with E-state index >= 15 is 0 Å². The molecule has 3 atom stereocenters. The van der Waals surface area contributed by atoms with Gasteiger partial charge in [-0.25, -0.2) is 0 Å². The molecule has 1 fully saturated rings. The van der Waals surface area contributed by atoms with Gasteiger partial charge < -0.3 is 10.8 Å². The van der Waals surface area contributed by atoms with E-state index in [4.69, 9.17) is 5.73 Å². The zero-order valence-electron chi connectivity index (χ0n) is 14.2. The first-order valence-corrected chi connectivity index (χ1v) is 8.44. The summed E-state index contributed by atoms with van der Waals surface area (Å²) in [7, 11) is 0. The maximum absolute atomic E-state index is 9.37. The van der Waals surface area contributed by atoms with Crippen molar-refractivity contribution in [3.8, 4) is 0 Å². The lowest BCUT2D eigenvalue weighted by Crippen LogP contribution is -2.52. The molecule has 0 aliphatic heterocycles. The molecule has 0 aromatic heterocycles. The fourth-order valence-electron chi connectivity index (χ4n) is 3.81. The van der Waals surface area contributed by atoms with Crippen molar-refractivity contribution >= 4 is 0 Å². The molecule has 0 saturated heterocycles. The molecule has 0 aromatic rings. The van der Waals surface area contributed by atoms with Crippen LogP contribution < -0.4 is 5.73 Å². The molecule has 0 spiro atoms. The first-order valence-electron chi connectivity index (χ1n) is 8.44. The summed E-state index contributed by atoms with van der Waals surface area (Å²) in [6, 6.07) is 1.02. The molecule has 1 aliphatic rings. The maximum atomic E-state index is 9.37. The van der Waals surface area contributed by atoms with Crippen molar-refractivity contribution in [2.24, 2.45) is 23.0 Å².